The monoisotopic (exact) mass is 326 g/mol. The van der Waals surface area contributed by atoms with Gasteiger partial charge in [0.25, 0.3) is 11.8 Å². The lowest BCUT2D eigenvalue weighted by atomic mass is 10.0. The number of amides is 4. The number of carbonyl (C=O) groups is 4. The summed E-state index contributed by atoms with van der Waals surface area (Å²) in [5.74, 6) is -2.44. The fourth-order valence-electron chi connectivity index (χ4n) is 2.51. The fraction of sp³-hybridized carbons (Fsp3) is 0.231. The Labute approximate surface area is 129 Å². The van der Waals surface area contributed by atoms with Crippen molar-refractivity contribution in [2.24, 2.45) is 0 Å². The summed E-state index contributed by atoms with van der Waals surface area (Å²) in [4.78, 5) is 48.7. The average Bonchev–Trinajstić information content (AvgIpc) is 2.68. The molecule has 2 aliphatic rings. The Morgan fingerprint density at radius 1 is 1.00 bits per heavy atom. The van der Waals surface area contributed by atoms with Crippen molar-refractivity contribution in [3.05, 3.63) is 33.3 Å². The maximum Gasteiger partial charge on any atom is 0.263 e. The minimum absolute atomic E-state index is 0.00105. The molecule has 1 aromatic rings. The van der Waals surface area contributed by atoms with Crippen LogP contribution >= 0.6 is 23.2 Å². The zero-order valence-corrected chi connectivity index (χ0v) is 12.0. The fourth-order valence-corrected chi connectivity index (χ4v) is 2.99. The first kappa shape index (κ1) is 14.0. The first-order chi connectivity index (χ1) is 9.91. The number of hydrogen-bond donors (Lipinski definition) is 1. The van der Waals surface area contributed by atoms with Crippen LogP contribution in [0.15, 0.2) is 12.1 Å². The second-order valence-electron chi connectivity index (χ2n) is 4.73. The van der Waals surface area contributed by atoms with E-state index in [2.05, 4.69) is 5.32 Å². The van der Waals surface area contributed by atoms with Crippen LogP contribution in [0.2, 0.25) is 10.0 Å². The van der Waals surface area contributed by atoms with Crippen LogP contribution < -0.4 is 5.32 Å². The Bertz CT molecular complexity index is 675. The van der Waals surface area contributed by atoms with Gasteiger partial charge in [-0.1, -0.05) is 23.2 Å². The topological polar surface area (TPSA) is 83.6 Å². The summed E-state index contributed by atoms with van der Waals surface area (Å²) in [6.07, 6.45) is 0.149. The highest BCUT2D eigenvalue weighted by atomic mass is 35.5. The van der Waals surface area contributed by atoms with E-state index in [1.807, 2.05) is 0 Å². The summed E-state index contributed by atoms with van der Waals surface area (Å²) in [6.45, 7) is 0. The van der Waals surface area contributed by atoms with Crippen molar-refractivity contribution < 1.29 is 19.2 Å². The number of fused-ring (bicyclic) bond motifs is 1. The molecule has 1 aromatic carbocycles. The Balaban J connectivity index is 2.05. The van der Waals surface area contributed by atoms with Crippen molar-refractivity contribution in [1.82, 2.24) is 10.2 Å². The maximum atomic E-state index is 12.4. The highest BCUT2D eigenvalue weighted by Crippen LogP contribution is 2.36. The van der Waals surface area contributed by atoms with E-state index in [0.29, 0.717) is 0 Å². The van der Waals surface area contributed by atoms with Crippen molar-refractivity contribution >= 4 is 46.8 Å². The van der Waals surface area contributed by atoms with Crippen LogP contribution in [0.4, 0.5) is 0 Å². The van der Waals surface area contributed by atoms with E-state index in [0.717, 1.165) is 4.90 Å². The highest BCUT2D eigenvalue weighted by Gasteiger charge is 2.46. The van der Waals surface area contributed by atoms with Crippen molar-refractivity contribution in [1.29, 1.82) is 0 Å². The first-order valence-electron chi connectivity index (χ1n) is 6.11. The quantitative estimate of drug-likeness (QED) is 0.790. The van der Waals surface area contributed by atoms with Crippen molar-refractivity contribution in [2.75, 3.05) is 0 Å². The molecule has 1 fully saturated rings. The molecule has 1 atom stereocenters. The Hall–Kier alpha value is -1.92. The molecule has 2 heterocycles. The van der Waals surface area contributed by atoms with Gasteiger partial charge in [0.1, 0.15) is 6.04 Å². The van der Waals surface area contributed by atoms with Gasteiger partial charge in [0.15, 0.2) is 0 Å². The molecule has 0 aliphatic carbocycles. The third kappa shape index (κ3) is 2.02. The molecule has 8 heteroatoms. The normalized spacial score (nSPS) is 21.6. The summed E-state index contributed by atoms with van der Waals surface area (Å²) in [7, 11) is 0. The van der Waals surface area contributed by atoms with E-state index >= 15 is 0 Å². The van der Waals surface area contributed by atoms with Crippen LogP contribution in [-0.4, -0.2) is 34.6 Å². The van der Waals surface area contributed by atoms with Gasteiger partial charge in [-0.15, -0.1) is 0 Å². The summed E-state index contributed by atoms with van der Waals surface area (Å²) in [5.41, 5.74) is -0.00210. The lowest BCUT2D eigenvalue weighted by molar-refractivity contribution is -0.136. The number of imide groups is 2. The van der Waals surface area contributed by atoms with Crippen LogP contribution in [0.3, 0.4) is 0 Å². The molecule has 1 unspecified atom stereocenters. The molecule has 4 amide bonds. The van der Waals surface area contributed by atoms with Gasteiger partial charge in [-0.2, -0.15) is 0 Å². The summed E-state index contributed by atoms with van der Waals surface area (Å²) in [5, 5.41) is 2.31. The maximum absolute atomic E-state index is 12.4. The molecule has 0 aromatic heterocycles. The largest absolute Gasteiger partial charge is 0.295 e. The van der Waals surface area contributed by atoms with Crippen LogP contribution in [0.5, 0.6) is 0 Å². The number of nitrogens with zero attached hydrogens (tertiary/aromatic N) is 1. The van der Waals surface area contributed by atoms with E-state index in [1.54, 1.807) is 0 Å². The first-order valence-corrected chi connectivity index (χ1v) is 6.87. The summed E-state index contributed by atoms with van der Waals surface area (Å²) in [6, 6.07) is 1.81. The van der Waals surface area contributed by atoms with E-state index in [1.165, 1.54) is 12.1 Å². The predicted molar refractivity (Wildman–Crippen MR) is 73.1 cm³/mol. The van der Waals surface area contributed by atoms with E-state index < -0.39 is 29.7 Å². The van der Waals surface area contributed by atoms with E-state index in [-0.39, 0.29) is 34.0 Å². The minimum Gasteiger partial charge on any atom is -0.295 e. The SMILES string of the molecule is O=C1CCC(N2C(=O)c3c(Cl)ccc(Cl)c3C2=O)C(=O)N1. The van der Waals surface area contributed by atoms with E-state index in [9.17, 15) is 19.2 Å². The molecule has 108 valence electrons. The Morgan fingerprint density at radius 2 is 1.52 bits per heavy atom. The molecule has 0 bridgehead atoms. The second kappa shape index (κ2) is 4.82. The van der Waals surface area contributed by atoms with Gasteiger partial charge in [0, 0.05) is 6.42 Å². The van der Waals surface area contributed by atoms with Crippen molar-refractivity contribution in [3.63, 3.8) is 0 Å². The molecule has 2 aliphatic heterocycles. The number of halogens is 2. The lowest BCUT2D eigenvalue weighted by Crippen LogP contribution is -2.54. The molecule has 1 N–H and O–H groups in total. The molecule has 0 radical (unpaired) electrons. The van der Waals surface area contributed by atoms with Crippen LogP contribution in [0, 0.1) is 0 Å². The zero-order valence-electron chi connectivity index (χ0n) is 10.5. The summed E-state index contributed by atoms with van der Waals surface area (Å²) < 4.78 is 0. The van der Waals surface area contributed by atoms with Crippen LogP contribution in [-0.2, 0) is 9.59 Å². The molecule has 1 saturated heterocycles. The number of carbonyl (C=O) groups excluding carboxylic acids is 4. The van der Waals surface area contributed by atoms with Crippen molar-refractivity contribution in [3.8, 4) is 0 Å². The van der Waals surface area contributed by atoms with Gasteiger partial charge in [-0.3, -0.25) is 29.4 Å². The number of benzene rings is 1. The Kier molecular flexibility index (Phi) is 3.22. The highest BCUT2D eigenvalue weighted by molar-refractivity contribution is 6.42. The van der Waals surface area contributed by atoms with Gasteiger partial charge >= 0.3 is 0 Å². The lowest BCUT2D eigenvalue weighted by Gasteiger charge is -2.27. The third-order valence-corrected chi connectivity index (χ3v) is 4.12. The number of rotatable bonds is 1. The minimum atomic E-state index is -1.03. The zero-order chi connectivity index (χ0) is 15.3. The Morgan fingerprint density at radius 3 is 2.00 bits per heavy atom. The summed E-state index contributed by atoms with van der Waals surface area (Å²) >= 11 is 11.9. The van der Waals surface area contributed by atoms with Gasteiger partial charge in [-0.25, -0.2) is 0 Å². The molecule has 21 heavy (non-hydrogen) atoms. The number of nitrogens with one attached hydrogen (secondary N) is 1. The molecule has 6 nitrogen and oxygen atoms in total. The molecule has 0 spiro atoms. The van der Waals surface area contributed by atoms with Gasteiger partial charge < -0.3 is 0 Å². The predicted octanol–water partition coefficient (Wildman–Crippen LogP) is 1.39. The molecular formula is C13H8Cl2N2O4. The second-order valence-corrected chi connectivity index (χ2v) is 5.54. The smallest absolute Gasteiger partial charge is 0.263 e. The van der Waals surface area contributed by atoms with Gasteiger partial charge in [0.05, 0.1) is 21.2 Å². The van der Waals surface area contributed by atoms with Gasteiger partial charge in [-0.05, 0) is 18.6 Å². The molecule has 0 saturated carbocycles. The average molecular weight is 327 g/mol. The van der Waals surface area contributed by atoms with Crippen LogP contribution in [0.25, 0.3) is 0 Å². The third-order valence-electron chi connectivity index (χ3n) is 3.49. The number of hydrogen-bond acceptors (Lipinski definition) is 4. The van der Waals surface area contributed by atoms with Crippen molar-refractivity contribution in [2.45, 2.75) is 18.9 Å². The van der Waals surface area contributed by atoms with Crippen LogP contribution in [0.1, 0.15) is 33.6 Å². The standard InChI is InChI=1S/C13H8Cl2N2O4/c14-5-1-2-6(15)10-9(5)12(20)17(13(10)21)7-3-4-8(18)16-11(7)19/h1-2,7H,3-4H2,(H,16,18,19). The van der Waals surface area contributed by atoms with E-state index in [4.69, 9.17) is 23.2 Å². The molecular weight excluding hydrogens is 319 g/mol. The molecule has 3 rings (SSSR count). The number of piperidine rings is 1. The van der Waals surface area contributed by atoms with Gasteiger partial charge in [0.2, 0.25) is 11.8 Å².